The van der Waals surface area contributed by atoms with Crippen molar-refractivity contribution in [2.45, 2.75) is 19.4 Å². The number of nitrogens with zero attached hydrogens (tertiary/aromatic N) is 1. The van der Waals surface area contributed by atoms with Gasteiger partial charge in [0.1, 0.15) is 0 Å². The Kier molecular flexibility index (Phi) is 4.13. The van der Waals surface area contributed by atoms with E-state index in [1.807, 2.05) is 21.0 Å². The number of carbonyl (C=O) groups excluding carboxylic acids is 1. The number of nitrogens with two attached hydrogens (primary N) is 1. The van der Waals surface area contributed by atoms with E-state index in [1.165, 1.54) is 6.08 Å². The average molecular weight is 171 g/mol. The molecule has 0 saturated carbocycles. The van der Waals surface area contributed by atoms with E-state index in [1.54, 1.807) is 0 Å². The van der Waals surface area contributed by atoms with Gasteiger partial charge < -0.3 is 5.73 Å². The first-order chi connectivity index (χ1) is 5.40. The Labute approximate surface area is 74.4 Å². The third-order valence-electron chi connectivity index (χ3n) is 1.91. The summed E-state index contributed by atoms with van der Waals surface area (Å²) in [5, 5.41) is 0. The summed E-state index contributed by atoms with van der Waals surface area (Å²) in [6.45, 7) is 6.17. The summed E-state index contributed by atoms with van der Waals surface area (Å²) in [6, 6.07) is 0.153. The average Bonchev–Trinajstić information content (AvgIpc) is 1.99. The summed E-state index contributed by atoms with van der Waals surface area (Å²) >= 11 is 0. The van der Waals surface area contributed by atoms with Gasteiger partial charge in [-0.25, -0.2) is 4.79 Å². The molecule has 0 heterocycles. The molecule has 2 N–H and O–H groups in total. The number of quaternary nitrogens is 1. The zero-order valence-electron chi connectivity index (χ0n) is 8.21. The third kappa shape index (κ3) is 3.64. The molecule has 0 aromatic carbocycles. The predicted molar refractivity (Wildman–Crippen MR) is 50.4 cm³/mol. The third-order valence-corrected chi connectivity index (χ3v) is 1.91. The van der Waals surface area contributed by atoms with Crippen LogP contribution < -0.4 is 5.73 Å². The van der Waals surface area contributed by atoms with Gasteiger partial charge in [-0.05, 0) is 6.92 Å². The summed E-state index contributed by atoms with van der Waals surface area (Å²) in [7, 11) is 3.73. The Morgan fingerprint density at radius 3 is 2.50 bits per heavy atom. The lowest BCUT2D eigenvalue weighted by Gasteiger charge is -2.25. The molecule has 1 atom stereocenters. The van der Waals surface area contributed by atoms with Crippen LogP contribution in [0.25, 0.3) is 0 Å². The first-order valence-electron chi connectivity index (χ1n) is 4.15. The quantitative estimate of drug-likeness (QED) is 0.495. The molecule has 12 heavy (non-hydrogen) atoms. The lowest BCUT2D eigenvalue weighted by Crippen LogP contribution is -2.46. The van der Waals surface area contributed by atoms with E-state index >= 15 is 0 Å². The highest BCUT2D eigenvalue weighted by Gasteiger charge is 2.22. The Morgan fingerprint density at radius 2 is 2.17 bits per heavy atom. The van der Waals surface area contributed by atoms with Gasteiger partial charge in [-0.1, -0.05) is 6.58 Å². The fourth-order valence-electron chi connectivity index (χ4n) is 0.884. The minimum atomic E-state index is 0.0376. The van der Waals surface area contributed by atoms with Crippen molar-refractivity contribution in [2.75, 3.05) is 20.6 Å². The van der Waals surface area contributed by atoms with Gasteiger partial charge in [-0.15, -0.1) is 0 Å². The lowest BCUT2D eigenvalue weighted by molar-refractivity contribution is -0.811. The van der Waals surface area contributed by atoms with Crippen molar-refractivity contribution < 1.29 is 9.28 Å². The van der Waals surface area contributed by atoms with E-state index in [0.717, 1.165) is 13.0 Å². The summed E-state index contributed by atoms with van der Waals surface area (Å²) in [5.41, 5.74) is 5.59. The molecule has 0 aliphatic heterocycles. The molecule has 0 aromatic heterocycles. The standard InChI is InChI=1S/C9H19N2O/c1-5-9(12)11(3,4)7-6-8(2)10/h5,8H,1,6-7,10H2,2-4H3/q+1. The molecule has 0 saturated heterocycles. The number of likely N-dealkylation sites (N-methyl/N-ethyl adjacent to an activating group) is 1. The second kappa shape index (κ2) is 4.38. The van der Waals surface area contributed by atoms with Crippen molar-refractivity contribution in [2.24, 2.45) is 5.73 Å². The molecule has 70 valence electrons. The van der Waals surface area contributed by atoms with Crippen LogP contribution in [0.1, 0.15) is 13.3 Å². The molecule has 1 unspecified atom stereocenters. The van der Waals surface area contributed by atoms with Crippen LogP contribution in [0.4, 0.5) is 0 Å². The summed E-state index contributed by atoms with van der Waals surface area (Å²) in [6.07, 6.45) is 2.22. The molecule has 3 heteroatoms. The number of carbonyl (C=O) groups is 1. The Bertz CT molecular complexity index is 173. The smallest absolute Gasteiger partial charge is 0.328 e. The van der Waals surface area contributed by atoms with E-state index < -0.39 is 0 Å². The second-order valence-electron chi connectivity index (χ2n) is 3.72. The SMILES string of the molecule is C=CC(=O)[N+](C)(C)CCC(C)N. The molecule has 0 bridgehead atoms. The van der Waals surface area contributed by atoms with Crippen LogP contribution in [0.3, 0.4) is 0 Å². The Hall–Kier alpha value is -0.670. The van der Waals surface area contributed by atoms with Gasteiger partial charge in [0, 0.05) is 18.5 Å². The minimum Gasteiger partial charge on any atom is -0.328 e. The van der Waals surface area contributed by atoms with Crippen molar-refractivity contribution in [3.05, 3.63) is 12.7 Å². The summed E-state index contributed by atoms with van der Waals surface area (Å²) in [4.78, 5) is 11.3. The zero-order valence-corrected chi connectivity index (χ0v) is 8.21. The topological polar surface area (TPSA) is 43.1 Å². The fourth-order valence-corrected chi connectivity index (χ4v) is 0.884. The Balaban J connectivity index is 4.03. The highest BCUT2D eigenvalue weighted by Crippen LogP contribution is 2.02. The monoisotopic (exact) mass is 171 g/mol. The van der Waals surface area contributed by atoms with Gasteiger partial charge >= 0.3 is 5.91 Å². The van der Waals surface area contributed by atoms with Crippen molar-refractivity contribution >= 4 is 5.91 Å². The maximum Gasteiger partial charge on any atom is 0.337 e. The van der Waals surface area contributed by atoms with E-state index in [-0.39, 0.29) is 11.9 Å². The highest BCUT2D eigenvalue weighted by atomic mass is 16.2. The molecule has 0 spiro atoms. The first-order valence-corrected chi connectivity index (χ1v) is 4.15. The van der Waals surface area contributed by atoms with Crippen LogP contribution in [-0.2, 0) is 4.79 Å². The lowest BCUT2D eigenvalue weighted by atomic mass is 10.2. The molecule has 1 amide bonds. The van der Waals surface area contributed by atoms with Gasteiger partial charge in [-0.3, -0.25) is 4.48 Å². The number of rotatable bonds is 4. The molecule has 0 aliphatic carbocycles. The molecule has 3 nitrogen and oxygen atoms in total. The zero-order chi connectivity index (χ0) is 9.78. The Morgan fingerprint density at radius 1 is 1.67 bits per heavy atom. The van der Waals surface area contributed by atoms with Crippen LogP contribution >= 0.6 is 0 Å². The maximum absolute atomic E-state index is 11.3. The van der Waals surface area contributed by atoms with Crippen LogP contribution in [0, 0.1) is 0 Å². The molecule has 0 aromatic rings. The van der Waals surface area contributed by atoms with Crippen LogP contribution in [0.15, 0.2) is 12.7 Å². The van der Waals surface area contributed by atoms with Crippen LogP contribution in [-0.4, -0.2) is 37.1 Å². The van der Waals surface area contributed by atoms with Crippen LogP contribution in [0.5, 0.6) is 0 Å². The fraction of sp³-hybridized carbons (Fsp3) is 0.667. The van der Waals surface area contributed by atoms with Gasteiger partial charge in [0.05, 0.1) is 20.6 Å². The molecule has 0 radical (unpaired) electrons. The largest absolute Gasteiger partial charge is 0.337 e. The number of hydrogen-bond acceptors (Lipinski definition) is 2. The van der Waals surface area contributed by atoms with Gasteiger partial charge in [0.2, 0.25) is 0 Å². The van der Waals surface area contributed by atoms with E-state index in [9.17, 15) is 4.79 Å². The van der Waals surface area contributed by atoms with Crippen LogP contribution in [0.2, 0.25) is 0 Å². The summed E-state index contributed by atoms with van der Waals surface area (Å²) in [5.74, 6) is 0.0376. The molecular formula is C9H19N2O+. The van der Waals surface area contributed by atoms with E-state index in [2.05, 4.69) is 6.58 Å². The minimum absolute atomic E-state index is 0.0376. The molecular weight excluding hydrogens is 152 g/mol. The van der Waals surface area contributed by atoms with Crippen molar-refractivity contribution in [1.29, 1.82) is 0 Å². The first kappa shape index (κ1) is 11.3. The number of amides is 1. The van der Waals surface area contributed by atoms with Crippen molar-refractivity contribution in [3.8, 4) is 0 Å². The van der Waals surface area contributed by atoms with Crippen molar-refractivity contribution in [1.82, 2.24) is 0 Å². The van der Waals surface area contributed by atoms with Crippen molar-refractivity contribution in [3.63, 3.8) is 0 Å². The summed E-state index contributed by atoms with van der Waals surface area (Å²) < 4.78 is 0.338. The number of hydrogen-bond donors (Lipinski definition) is 1. The normalized spacial score (nSPS) is 14.0. The van der Waals surface area contributed by atoms with Gasteiger partial charge in [0.25, 0.3) is 0 Å². The van der Waals surface area contributed by atoms with E-state index in [0.29, 0.717) is 4.48 Å². The highest BCUT2D eigenvalue weighted by molar-refractivity contribution is 5.80. The maximum atomic E-state index is 11.3. The predicted octanol–water partition coefficient (Wildman–Crippen LogP) is 0.513. The molecule has 0 rings (SSSR count). The second-order valence-corrected chi connectivity index (χ2v) is 3.72. The molecule has 0 aliphatic rings. The van der Waals surface area contributed by atoms with Gasteiger partial charge in [-0.2, -0.15) is 0 Å². The molecule has 0 fully saturated rings. The van der Waals surface area contributed by atoms with E-state index in [4.69, 9.17) is 5.73 Å². The van der Waals surface area contributed by atoms with Gasteiger partial charge in [0.15, 0.2) is 0 Å².